The van der Waals surface area contributed by atoms with Crippen LogP contribution in [0.5, 0.6) is 0 Å². The third kappa shape index (κ3) is 3.88. The predicted octanol–water partition coefficient (Wildman–Crippen LogP) is 9.18. The average Bonchev–Trinajstić information content (AvgIpc) is 3.70. The summed E-state index contributed by atoms with van der Waals surface area (Å²) in [5.41, 5.74) is 10.7. The first kappa shape index (κ1) is 32.6. The molecule has 6 rings (SSSR count). The number of aromatic nitrogens is 2. The van der Waals surface area contributed by atoms with E-state index in [0.717, 1.165) is 44.5 Å². The first-order chi connectivity index (χ1) is 21.9. The lowest BCUT2D eigenvalue weighted by Crippen LogP contribution is -2.55. The summed E-state index contributed by atoms with van der Waals surface area (Å²) >= 11 is 0. The van der Waals surface area contributed by atoms with Gasteiger partial charge in [-0.25, -0.2) is 0 Å². The van der Waals surface area contributed by atoms with Gasteiger partial charge in [-0.05, 0) is 98.9 Å². The summed E-state index contributed by atoms with van der Waals surface area (Å²) in [4.78, 5) is 0. The number of allylic oxidation sites excluding steroid dienone is 4. The van der Waals surface area contributed by atoms with E-state index in [0.29, 0.717) is 85.5 Å². The molecular formula is C36H48B2F4N4. The van der Waals surface area contributed by atoms with Gasteiger partial charge in [0.2, 0.25) is 11.4 Å². The third-order valence-electron chi connectivity index (χ3n) is 11.2. The van der Waals surface area contributed by atoms with Crippen molar-refractivity contribution in [3.8, 4) is 0 Å². The van der Waals surface area contributed by atoms with Crippen LogP contribution >= 0.6 is 0 Å². The fraction of sp³-hybridized carbons (Fsp3) is 0.500. The Balaban J connectivity index is 1.79. The predicted molar refractivity (Wildman–Crippen MR) is 184 cm³/mol. The van der Waals surface area contributed by atoms with Crippen LogP contribution in [0.15, 0.2) is 33.7 Å². The first-order valence-corrected chi connectivity index (χ1v) is 17.6. The number of hydrogen-bond donors (Lipinski definition) is 0. The van der Waals surface area contributed by atoms with Crippen molar-refractivity contribution in [3.63, 3.8) is 0 Å². The van der Waals surface area contributed by atoms with Crippen LogP contribution in [0.1, 0.15) is 126 Å². The average molecular weight is 634 g/mol. The maximum atomic E-state index is 17.5. The van der Waals surface area contributed by atoms with Crippen molar-refractivity contribution >= 4 is 37.5 Å². The van der Waals surface area contributed by atoms with Crippen LogP contribution in [0.2, 0.25) is 0 Å². The molecule has 6 heterocycles. The van der Waals surface area contributed by atoms with Crippen molar-refractivity contribution in [1.82, 2.24) is 8.96 Å². The van der Waals surface area contributed by atoms with Gasteiger partial charge in [0.05, 0.1) is 0 Å². The number of fused-ring (bicyclic) bond motifs is 4. The Morgan fingerprint density at radius 1 is 0.478 bits per heavy atom. The van der Waals surface area contributed by atoms with Gasteiger partial charge in [-0.1, -0.05) is 55.4 Å². The zero-order valence-corrected chi connectivity index (χ0v) is 29.3. The maximum Gasteiger partial charge on any atom is 0.737 e. The zero-order chi connectivity index (χ0) is 33.6. The second-order valence-electron chi connectivity index (χ2n) is 13.0. The molecule has 246 valence electrons. The fourth-order valence-corrected chi connectivity index (χ4v) is 9.46. The molecule has 4 aliphatic rings. The lowest BCUT2D eigenvalue weighted by Gasteiger charge is -2.33. The SMILES string of the molecule is CCC1=C(CC)C(C2=[N+]3C(=Cc4c(CC)c(CC)c(C)n4[B-]3(F)F)C(CC)=C2CC)=[N+]2C1=Cc1c(CC)c(CC)c(C)n1[B-]2(F)F. The van der Waals surface area contributed by atoms with Crippen LogP contribution in [-0.2, 0) is 25.7 Å². The quantitative estimate of drug-likeness (QED) is 0.193. The number of nitrogens with zero attached hydrogens (tertiary/aromatic N) is 4. The van der Waals surface area contributed by atoms with E-state index in [1.807, 2.05) is 67.5 Å². The zero-order valence-electron chi connectivity index (χ0n) is 29.3. The highest BCUT2D eigenvalue weighted by Gasteiger charge is 2.62. The molecule has 10 heteroatoms. The Morgan fingerprint density at radius 2 is 0.783 bits per heavy atom. The van der Waals surface area contributed by atoms with Crippen LogP contribution in [0, 0.1) is 13.8 Å². The molecule has 0 fully saturated rings. The van der Waals surface area contributed by atoms with E-state index in [9.17, 15) is 0 Å². The Morgan fingerprint density at radius 3 is 1.04 bits per heavy atom. The molecule has 0 unspecified atom stereocenters. The topological polar surface area (TPSA) is 15.9 Å². The largest absolute Gasteiger partial charge is 0.737 e. The lowest BCUT2D eigenvalue weighted by molar-refractivity contribution is -0.376. The minimum absolute atomic E-state index is 0.262. The monoisotopic (exact) mass is 634 g/mol. The van der Waals surface area contributed by atoms with E-state index < -0.39 is 13.9 Å². The van der Waals surface area contributed by atoms with Gasteiger partial charge in [0.1, 0.15) is 0 Å². The molecule has 0 saturated carbocycles. The molecule has 0 bridgehead atoms. The summed E-state index contributed by atoms with van der Waals surface area (Å²) in [6.45, 7) is 10.7. The van der Waals surface area contributed by atoms with Gasteiger partial charge in [0, 0.05) is 45.8 Å². The molecule has 0 spiro atoms. The molecule has 4 aliphatic heterocycles. The third-order valence-corrected chi connectivity index (χ3v) is 11.2. The minimum atomic E-state index is -4.39. The molecule has 46 heavy (non-hydrogen) atoms. The van der Waals surface area contributed by atoms with E-state index in [2.05, 4.69) is 0 Å². The second kappa shape index (κ2) is 11.2. The highest BCUT2D eigenvalue weighted by atomic mass is 19.3. The van der Waals surface area contributed by atoms with Crippen molar-refractivity contribution in [1.29, 1.82) is 0 Å². The summed E-state index contributed by atoms with van der Waals surface area (Å²) in [7, 11) is 0. The van der Waals surface area contributed by atoms with Gasteiger partial charge in [0.15, 0.2) is 11.4 Å². The van der Waals surface area contributed by atoms with Crippen molar-refractivity contribution in [3.05, 3.63) is 78.7 Å². The molecule has 0 amide bonds. The first-order valence-electron chi connectivity index (χ1n) is 17.6. The Hall–Kier alpha value is -3.29. The summed E-state index contributed by atoms with van der Waals surface area (Å²) < 4.78 is 74.8. The van der Waals surface area contributed by atoms with Gasteiger partial charge in [0.25, 0.3) is 0 Å². The van der Waals surface area contributed by atoms with E-state index >= 15 is 17.3 Å². The fourth-order valence-electron chi connectivity index (χ4n) is 9.46. The van der Waals surface area contributed by atoms with E-state index in [1.165, 1.54) is 17.9 Å². The van der Waals surface area contributed by atoms with Gasteiger partial charge >= 0.3 is 13.9 Å². The van der Waals surface area contributed by atoms with Crippen LogP contribution in [-0.4, -0.2) is 43.3 Å². The summed E-state index contributed by atoms with van der Waals surface area (Å²) in [6, 6.07) is 0. The molecule has 0 aromatic carbocycles. The molecule has 0 atom stereocenters. The van der Waals surface area contributed by atoms with Crippen molar-refractivity contribution in [2.75, 3.05) is 0 Å². The summed E-state index contributed by atoms with van der Waals surface area (Å²) in [5.74, 6) is 0. The van der Waals surface area contributed by atoms with Crippen molar-refractivity contribution < 1.29 is 26.2 Å². The molecular weight excluding hydrogens is 586 g/mol. The maximum absolute atomic E-state index is 17.5. The molecule has 4 nitrogen and oxygen atoms in total. The van der Waals surface area contributed by atoms with E-state index in [-0.39, 0.29) is 11.4 Å². The van der Waals surface area contributed by atoms with Gasteiger partial charge in [-0.3, -0.25) is 0 Å². The van der Waals surface area contributed by atoms with E-state index in [4.69, 9.17) is 0 Å². The lowest BCUT2D eigenvalue weighted by atomic mass is 9.87. The normalized spacial score (nSPS) is 19.6. The van der Waals surface area contributed by atoms with E-state index in [1.54, 1.807) is 13.8 Å². The Bertz CT molecular complexity index is 1760. The molecule has 2 aromatic rings. The molecule has 0 aliphatic carbocycles. The standard InChI is InChI=1S/C36H48B2F4N4/c1-11-23-21(9)43-31(25(23)13-3)19-33-27(15-5)29(17-7)35(45(33)37(43,39)40)36-30(18-8)28(16-6)34-20-32-26(14-4)24(12-2)22(10)44(32)38(41,42)46(34)36/h19-20H,11-18H2,1-10H3. The van der Waals surface area contributed by atoms with Crippen molar-refractivity contribution in [2.45, 2.75) is 121 Å². The van der Waals surface area contributed by atoms with Gasteiger partial charge in [-0.2, -0.15) is 0 Å². The number of halogens is 4. The second-order valence-corrected chi connectivity index (χ2v) is 13.0. The summed E-state index contributed by atoms with van der Waals surface area (Å²) in [5, 5.41) is 0. The van der Waals surface area contributed by atoms with Crippen LogP contribution < -0.4 is 0 Å². The number of rotatable bonds is 9. The highest BCUT2D eigenvalue weighted by molar-refractivity contribution is 6.65. The molecule has 0 radical (unpaired) electrons. The number of hydrogen-bond acceptors (Lipinski definition) is 0. The van der Waals surface area contributed by atoms with Gasteiger partial charge < -0.3 is 35.2 Å². The van der Waals surface area contributed by atoms with Crippen molar-refractivity contribution in [2.24, 2.45) is 0 Å². The van der Waals surface area contributed by atoms with Crippen LogP contribution in [0.25, 0.3) is 12.2 Å². The van der Waals surface area contributed by atoms with Crippen LogP contribution in [0.4, 0.5) is 17.3 Å². The Kier molecular flexibility index (Phi) is 7.92. The highest BCUT2D eigenvalue weighted by Crippen LogP contribution is 2.47. The Labute approximate surface area is 271 Å². The smallest absolute Gasteiger partial charge is 0.394 e. The minimum Gasteiger partial charge on any atom is -0.394 e. The van der Waals surface area contributed by atoms with Gasteiger partial charge in [-0.15, -0.1) is 0 Å². The molecule has 2 aromatic heterocycles. The molecule has 0 N–H and O–H groups in total. The van der Waals surface area contributed by atoms with Crippen LogP contribution in [0.3, 0.4) is 0 Å². The molecule has 0 saturated heterocycles. The summed E-state index contributed by atoms with van der Waals surface area (Å²) in [6.07, 6.45) is 8.46.